The molecule has 1 aliphatic rings. The third-order valence-corrected chi connectivity index (χ3v) is 4.04. The fourth-order valence-electron chi connectivity index (χ4n) is 2.73. The van der Waals surface area contributed by atoms with Crippen LogP contribution in [0.5, 0.6) is 5.75 Å². The lowest BCUT2D eigenvalue weighted by Crippen LogP contribution is -2.32. The van der Waals surface area contributed by atoms with Gasteiger partial charge in [-0.1, -0.05) is 18.2 Å². The van der Waals surface area contributed by atoms with Crippen LogP contribution in [0, 0.1) is 0 Å². The van der Waals surface area contributed by atoms with Gasteiger partial charge in [-0.3, -0.25) is 4.79 Å². The van der Waals surface area contributed by atoms with E-state index in [4.69, 9.17) is 16.3 Å². The summed E-state index contributed by atoms with van der Waals surface area (Å²) < 4.78 is 5.40. The van der Waals surface area contributed by atoms with Crippen LogP contribution in [0.15, 0.2) is 24.8 Å². The minimum atomic E-state index is -0.0864. The molecule has 0 fully saturated rings. The van der Waals surface area contributed by atoms with Gasteiger partial charge in [-0.15, -0.1) is 0 Å². The maximum absolute atomic E-state index is 11.8. The molecule has 1 aliphatic carbocycles. The summed E-state index contributed by atoms with van der Waals surface area (Å²) in [6, 6.07) is 3.72. The molecule has 1 atom stereocenters. The van der Waals surface area contributed by atoms with Crippen LogP contribution in [0.2, 0.25) is 5.02 Å². The summed E-state index contributed by atoms with van der Waals surface area (Å²) in [5, 5.41) is 0.698. The minimum Gasteiger partial charge on any atom is -0.496 e. The van der Waals surface area contributed by atoms with Gasteiger partial charge in [0.2, 0.25) is 5.91 Å². The smallest absolute Gasteiger partial charge is 0.246 e. The first kappa shape index (κ1) is 13.9. The highest BCUT2D eigenvalue weighted by molar-refractivity contribution is 6.31. The molecule has 0 bridgehead atoms. The minimum absolute atomic E-state index is 0.00292. The Morgan fingerprint density at radius 1 is 1.58 bits per heavy atom. The quantitative estimate of drug-likeness (QED) is 0.794. The van der Waals surface area contributed by atoms with Gasteiger partial charge in [-0.05, 0) is 37.5 Å². The average Bonchev–Trinajstić information content (AvgIpc) is 2.45. The first-order chi connectivity index (χ1) is 9.10. The Hall–Kier alpha value is -1.48. The van der Waals surface area contributed by atoms with Gasteiger partial charge in [0.25, 0.3) is 0 Å². The molecule has 19 heavy (non-hydrogen) atoms. The van der Waals surface area contributed by atoms with Gasteiger partial charge in [0, 0.05) is 23.2 Å². The standard InChI is InChI=1S/C15H18ClNO2/c1-4-14(18)17(2)12-7-5-6-10-13(19-3)9-8-11(16)15(10)12/h4,8-9,12H,1,5-7H2,2-3H3. The molecule has 2 rings (SSSR count). The van der Waals surface area contributed by atoms with Gasteiger partial charge in [-0.2, -0.15) is 0 Å². The largest absolute Gasteiger partial charge is 0.496 e. The Morgan fingerprint density at radius 3 is 2.95 bits per heavy atom. The predicted octanol–water partition coefficient (Wildman–Crippen LogP) is 3.37. The molecule has 0 aliphatic heterocycles. The lowest BCUT2D eigenvalue weighted by Gasteiger charge is -2.34. The average molecular weight is 280 g/mol. The fourth-order valence-corrected chi connectivity index (χ4v) is 3.03. The Kier molecular flexibility index (Phi) is 4.15. The van der Waals surface area contributed by atoms with Gasteiger partial charge < -0.3 is 9.64 Å². The van der Waals surface area contributed by atoms with Crippen molar-refractivity contribution < 1.29 is 9.53 Å². The topological polar surface area (TPSA) is 29.5 Å². The van der Waals surface area contributed by atoms with Crippen molar-refractivity contribution in [3.05, 3.63) is 40.9 Å². The molecule has 1 aromatic carbocycles. The van der Waals surface area contributed by atoms with E-state index in [1.165, 1.54) is 6.08 Å². The van der Waals surface area contributed by atoms with Crippen molar-refractivity contribution in [3.8, 4) is 5.75 Å². The molecule has 102 valence electrons. The van der Waals surface area contributed by atoms with Crippen LogP contribution in [0.3, 0.4) is 0 Å². The lowest BCUT2D eigenvalue weighted by molar-refractivity contribution is -0.127. The Labute approximate surface area is 118 Å². The van der Waals surface area contributed by atoms with Crippen LogP contribution in [-0.2, 0) is 11.2 Å². The number of rotatable bonds is 3. The molecular formula is C15H18ClNO2. The lowest BCUT2D eigenvalue weighted by atomic mass is 9.86. The Bertz CT molecular complexity index is 513. The SMILES string of the molecule is C=CC(=O)N(C)C1CCCc2c(OC)ccc(Cl)c21. The molecule has 1 aromatic rings. The molecule has 1 unspecified atom stereocenters. The number of carbonyl (C=O) groups is 1. The molecule has 0 N–H and O–H groups in total. The van der Waals surface area contributed by atoms with E-state index >= 15 is 0 Å². The van der Waals surface area contributed by atoms with Crippen molar-refractivity contribution in [2.75, 3.05) is 14.2 Å². The number of carbonyl (C=O) groups excluding carboxylic acids is 1. The molecule has 0 spiro atoms. The van der Waals surface area contributed by atoms with Gasteiger partial charge >= 0.3 is 0 Å². The van der Waals surface area contributed by atoms with Crippen molar-refractivity contribution in [1.82, 2.24) is 4.90 Å². The first-order valence-electron chi connectivity index (χ1n) is 6.34. The number of methoxy groups -OCH3 is 1. The van der Waals surface area contributed by atoms with Crippen LogP contribution in [0.25, 0.3) is 0 Å². The highest BCUT2D eigenvalue weighted by atomic mass is 35.5. The second-order valence-electron chi connectivity index (χ2n) is 4.70. The van der Waals surface area contributed by atoms with Crippen molar-refractivity contribution >= 4 is 17.5 Å². The Balaban J connectivity index is 2.49. The van der Waals surface area contributed by atoms with Crippen LogP contribution < -0.4 is 4.74 Å². The van der Waals surface area contributed by atoms with Crippen molar-refractivity contribution in [2.24, 2.45) is 0 Å². The Morgan fingerprint density at radius 2 is 2.32 bits per heavy atom. The number of halogens is 1. The molecule has 4 heteroatoms. The molecule has 0 aromatic heterocycles. The summed E-state index contributed by atoms with van der Waals surface area (Å²) in [5.74, 6) is 0.764. The van der Waals surface area contributed by atoms with Crippen molar-refractivity contribution in [1.29, 1.82) is 0 Å². The predicted molar refractivity (Wildman–Crippen MR) is 76.7 cm³/mol. The summed E-state index contributed by atoms with van der Waals surface area (Å²) in [5.41, 5.74) is 2.14. The van der Waals surface area contributed by atoms with Crippen molar-refractivity contribution in [3.63, 3.8) is 0 Å². The number of nitrogens with zero attached hydrogens (tertiary/aromatic N) is 1. The number of ether oxygens (including phenoxy) is 1. The second kappa shape index (κ2) is 5.66. The van der Waals surface area contributed by atoms with Crippen molar-refractivity contribution in [2.45, 2.75) is 25.3 Å². The van der Waals surface area contributed by atoms with Gasteiger partial charge in [0.15, 0.2) is 0 Å². The molecule has 0 heterocycles. The summed E-state index contributed by atoms with van der Waals surface area (Å²) >= 11 is 6.34. The zero-order chi connectivity index (χ0) is 14.0. The van der Waals surface area contributed by atoms with Crippen LogP contribution in [0.1, 0.15) is 30.0 Å². The first-order valence-corrected chi connectivity index (χ1v) is 6.72. The zero-order valence-electron chi connectivity index (χ0n) is 11.3. The van der Waals surface area contributed by atoms with E-state index in [0.29, 0.717) is 5.02 Å². The normalized spacial score (nSPS) is 17.5. The van der Waals surface area contributed by atoms with E-state index in [9.17, 15) is 4.79 Å². The number of benzene rings is 1. The number of amides is 1. The highest BCUT2D eigenvalue weighted by Crippen LogP contribution is 2.42. The summed E-state index contributed by atoms with van der Waals surface area (Å²) in [7, 11) is 3.45. The second-order valence-corrected chi connectivity index (χ2v) is 5.11. The van der Waals surface area contributed by atoms with E-state index in [1.807, 2.05) is 12.1 Å². The number of hydrogen-bond donors (Lipinski definition) is 0. The molecule has 3 nitrogen and oxygen atoms in total. The highest BCUT2D eigenvalue weighted by Gasteiger charge is 2.29. The van der Waals surface area contributed by atoms with Gasteiger partial charge in [0.05, 0.1) is 13.2 Å². The molecule has 1 amide bonds. The number of likely N-dealkylation sites (N-methyl/N-ethyl adjacent to an activating group) is 1. The number of hydrogen-bond acceptors (Lipinski definition) is 2. The van der Waals surface area contributed by atoms with Crippen LogP contribution in [0.4, 0.5) is 0 Å². The maximum Gasteiger partial charge on any atom is 0.246 e. The summed E-state index contributed by atoms with van der Waals surface area (Å²) in [4.78, 5) is 13.5. The molecule has 0 radical (unpaired) electrons. The fraction of sp³-hybridized carbons (Fsp3) is 0.400. The van der Waals surface area contributed by atoms with E-state index < -0.39 is 0 Å². The van der Waals surface area contributed by atoms with E-state index in [0.717, 1.165) is 36.1 Å². The van der Waals surface area contributed by atoms with Crippen LogP contribution >= 0.6 is 11.6 Å². The third kappa shape index (κ3) is 2.47. The van der Waals surface area contributed by atoms with Crippen LogP contribution in [-0.4, -0.2) is 25.0 Å². The monoisotopic (exact) mass is 279 g/mol. The van der Waals surface area contributed by atoms with E-state index in [2.05, 4.69) is 6.58 Å². The summed E-state index contributed by atoms with van der Waals surface area (Å²) in [6.07, 6.45) is 4.20. The van der Waals surface area contributed by atoms with Gasteiger partial charge in [0.1, 0.15) is 5.75 Å². The zero-order valence-corrected chi connectivity index (χ0v) is 12.0. The summed E-state index contributed by atoms with van der Waals surface area (Å²) in [6.45, 7) is 3.54. The molecule has 0 saturated heterocycles. The third-order valence-electron chi connectivity index (χ3n) is 3.71. The van der Waals surface area contributed by atoms with E-state index in [1.54, 1.807) is 19.1 Å². The molecule has 0 saturated carbocycles. The number of fused-ring (bicyclic) bond motifs is 1. The van der Waals surface area contributed by atoms with Gasteiger partial charge in [-0.25, -0.2) is 0 Å². The molecular weight excluding hydrogens is 262 g/mol. The van der Waals surface area contributed by atoms with E-state index in [-0.39, 0.29) is 11.9 Å². The maximum atomic E-state index is 11.8.